The number of hydrogen-bond acceptors (Lipinski definition) is 4. The van der Waals surface area contributed by atoms with Crippen LogP contribution in [-0.4, -0.2) is 15.5 Å². The Bertz CT molecular complexity index is 691. The Balaban J connectivity index is 2.30. The Hall–Kier alpha value is -2.08. The molecule has 6 heteroatoms. The minimum absolute atomic E-state index is 0.154. The Labute approximate surface area is 116 Å². The molecule has 0 aliphatic carbocycles. The molecule has 0 aromatic heterocycles. The first-order valence-corrected chi connectivity index (χ1v) is 7.48. The number of nitrogens with two attached hydrogens (primary N) is 1. The average molecular weight is 295 g/mol. The summed E-state index contributed by atoms with van der Waals surface area (Å²) in [7, 11) is -2.05. The number of rotatable bonds is 4. The van der Waals surface area contributed by atoms with Crippen LogP contribution in [0.25, 0.3) is 0 Å². The number of nitrogen functional groups attached to an aromatic ring is 1. The number of halogens is 1. The molecule has 0 aliphatic heterocycles. The van der Waals surface area contributed by atoms with Gasteiger partial charge in [0.05, 0.1) is 17.8 Å². The third-order valence-electron chi connectivity index (χ3n) is 2.76. The summed E-state index contributed by atoms with van der Waals surface area (Å²) < 4.78 is 42.6. The normalized spacial score (nSPS) is 11.3. The highest BCUT2D eigenvalue weighted by Gasteiger charge is 2.16. The van der Waals surface area contributed by atoms with Crippen molar-refractivity contribution in [2.45, 2.75) is 10.6 Å². The Morgan fingerprint density at radius 1 is 1.15 bits per heavy atom. The van der Waals surface area contributed by atoms with Crippen LogP contribution in [0.3, 0.4) is 0 Å². The minimum Gasteiger partial charge on any atom is -0.497 e. The summed E-state index contributed by atoms with van der Waals surface area (Å²) in [6.07, 6.45) is 0. The molecule has 106 valence electrons. The number of sulfone groups is 1. The zero-order valence-electron chi connectivity index (χ0n) is 10.8. The maximum absolute atomic E-state index is 13.2. The van der Waals surface area contributed by atoms with Gasteiger partial charge in [0.25, 0.3) is 0 Å². The molecule has 0 atom stereocenters. The van der Waals surface area contributed by atoms with E-state index < -0.39 is 15.7 Å². The van der Waals surface area contributed by atoms with Crippen molar-refractivity contribution in [3.63, 3.8) is 0 Å². The molecule has 0 saturated heterocycles. The lowest BCUT2D eigenvalue weighted by atomic mass is 10.2. The average Bonchev–Trinajstić information content (AvgIpc) is 2.37. The van der Waals surface area contributed by atoms with Gasteiger partial charge in [-0.25, -0.2) is 12.8 Å². The fourth-order valence-electron chi connectivity index (χ4n) is 1.84. The Morgan fingerprint density at radius 3 is 2.35 bits per heavy atom. The summed E-state index contributed by atoms with van der Waals surface area (Å²) in [6.45, 7) is 0. The number of hydrogen-bond donors (Lipinski definition) is 1. The highest BCUT2D eigenvalue weighted by Crippen LogP contribution is 2.21. The van der Waals surface area contributed by atoms with E-state index in [1.807, 2.05) is 0 Å². The molecular weight excluding hydrogens is 281 g/mol. The van der Waals surface area contributed by atoms with Crippen molar-refractivity contribution in [1.82, 2.24) is 0 Å². The highest BCUT2D eigenvalue weighted by atomic mass is 32.2. The molecule has 4 nitrogen and oxygen atoms in total. The molecule has 2 rings (SSSR count). The molecule has 0 spiro atoms. The SMILES string of the molecule is COc1ccc(S(=O)(=O)Cc2cc(N)cc(F)c2)cc1. The summed E-state index contributed by atoms with van der Waals surface area (Å²) in [6, 6.07) is 9.79. The van der Waals surface area contributed by atoms with E-state index in [0.29, 0.717) is 11.3 Å². The first kappa shape index (κ1) is 14.3. The smallest absolute Gasteiger partial charge is 0.182 e. The van der Waals surface area contributed by atoms with Crippen molar-refractivity contribution in [2.75, 3.05) is 12.8 Å². The second-order valence-corrected chi connectivity index (χ2v) is 6.32. The number of benzene rings is 2. The minimum atomic E-state index is -3.55. The van der Waals surface area contributed by atoms with Gasteiger partial charge in [-0.1, -0.05) is 0 Å². The molecule has 0 bridgehead atoms. The second kappa shape index (κ2) is 5.50. The van der Waals surface area contributed by atoms with Crippen molar-refractivity contribution >= 4 is 15.5 Å². The van der Waals surface area contributed by atoms with Gasteiger partial charge in [0, 0.05) is 5.69 Å². The van der Waals surface area contributed by atoms with Crippen molar-refractivity contribution in [1.29, 1.82) is 0 Å². The summed E-state index contributed by atoms with van der Waals surface area (Å²) in [5, 5.41) is 0. The topological polar surface area (TPSA) is 69.4 Å². The van der Waals surface area contributed by atoms with Crippen molar-refractivity contribution in [3.8, 4) is 5.75 Å². The predicted molar refractivity (Wildman–Crippen MR) is 74.7 cm³/mol. The molecule has 20 heavy (non-hydrogen) atoms. The van der Waals surface area contributed by atoms with Gasteiger partial charge in [-0.3, -0.25) is 0 Å². The zero-order chi connectivity index (χ0) is 14.8. The molecular formula is C14H14FNO3S. The fraction of sp³-hybridized carbons (Fsp3) is 0.143. The molecule has 0 unspecified atom stereocenters. The van der Waals surface area contributed by atoms with Crippen molar-refractivity contribution in [3.05, 3.63) is 53.8 Å². The van der Waals surface area contributed by atoms with E-state index in [4.69, 9.17) is 10.5 Å². The highest BCUT2D eigenvalue weighted by molar-refractivity contribution is 7.90. The van der Waals surface area contributed by atoms with Gasteiger partial charge >= 0.3 is 0 Å². The zero-order valence-corrected chi connectivity index (χ0v) is 11.7. The lowest BCUT2D eigenvalue weighted by Gasteiger charge is -2.07. The largest absolute Gasteiger partial charge is 0.497 e. The first-order chi connectivity index (χ1) is 9.40. The monoisotopic (exact) mass is 295 g/mol. The fourth-order valence-corrected chi connectivity index (χ4v) is 3.17. The van der Waals surface area contributed by atoms with Gasteiger partial charge < -0.3 is 10.5 Å². The quantitative estimate of drug-likeness (QED) is 0.879. The standard InChI is InChI=1S/C14H14FNO3S/c1-19-13-2-4-14(5-3-13)20(17,18)9-10-6-11(15)8-12(16)7-10/h2-8H,9,16H2,1H3. The molecule has 0 saturated carbocycles. The van der Waals surface area contributed by atoms with Crippen LogP contribution in [0.1, 0.15) is 5.56 Å². The first-order valence-electron chi connectivity index (χ1n) is 5.82. The van der Waals surface area contributed by atoms with Gasteiger partial charge in [-0.15, -0.1) is 0 Å². The molecule has 2 aromatic rings. The molecule has 0 fully saturated rings. The molecule has 2 aromatic carbocycles. The molecule has 0 heterocycles. The van der Waals surface area contributed by atoms with Crippen molar-refractivity contribution < 1.29 is 17.5 Å². The van der Waals surface area contributed by atoms with Gasteiger partial charge in [-0.05, 0) is 48.0 Å². The molecule has 2 N–H and O–H groups in total. The summed E-state index contributed by atoms with van der Waals surface area (Å²) in [5.74, 6) is -0.287. The van der Waals surface area contributed by atoms with E-state index in [1.165, 1.54) is 25.3 Å². The van der Waals surface area contributed by atoms with Crippen LogP contribution >= 0.6 is 0 Å². The molecule has 0 radical (unpaired) electrons. The maximum atomic E-state index is 13.2. The van der Waals surface area contributed by atoms with E-state index in [-0.39, 0.29) is 16.3 Å². The molecule has 0 aliphatic rings. The number of ether oxygens (including phenoxy) is 1. The van der Waals surface area contributed by atoms with E-state index in [9.17, 15) is 12.8 Å². The van der Waals surface area contributed by atoms with Crippen LogP contribution in [-0.2, 0) is 15.6 Å². The van der Waals surface area contributed by atoms with Gasteiger partial charge in [0.15, 0.2) is 9.84 Å². The van der Waals surface area contributed by atoms with Crippen LogP contribution in [0.5, 0.6) is 5.75 Å². The van der Waals surface area contributed by atoms with Gasteiger partial charge in [0.1, 0.15) is 11.6 Å². The summed E-state index contributed by atoms with van der Waals surface area (Å²) >= 11 is 0. The predicted octanol–water partition coefficient (Wildman–Crippen LogP) is 2.39. The van der Waals surface area contributed by atoms with Crippen LogP contribution in [0.4, 0.5) is 10.1 Å². The summed E-state index contributed by atoms with van der Waals surface area (Å²) in [5.41, 5.74) is 6.02. The van der Waals surface area contributed by atoms with E-state index in [2.05, 4.69) is 0 Å². The lowest BCUT2D eigenvalue weighted by molar-refractivity contribution is 0.414. The van der Waals surface area contributed by atoms with Gasteiger partial charge in [-0.2, -0.15) is 0 Å². The second-order valence-electron chi connectivity index (χ2n) is 4.33. The number of methoxy groups -OCH3 is 1. The van der Waals surface area contributed by atoms with Crippen LogP contribution < -0.4 is 10.5 Å². The lowest BCUT2D eigenvalue weighted by Crippen LogP contribution is -2.05. The third kappa shape index (κ3) is 3.27. The van der Waals surface area contributed by atoms with Gasteiger partial charge in [0.2, 0.25) is 0 Å². The Morgan fingerprint density at radius 2 is 1.80 bits per heavy atom. The van der Waals surface area contributed by atoms with Crippen LogP contribution in [0.15, 0.2) is 47.4 Å². The van der Waals surface area contributed by atoms with Crippen molar-refractivity contribution in [2.24, 2.45) is 0 Å². The van der Waals surface area contributed by atoms with Crippen LogP contribution in [0.2, 0.25) is 0 Å². The van der Waals surface area contributed by atoms with E-state index in [1.54, 1.807) is 12.1 Å². The van der Waals surface area contributed by atoms with E-state index in [0.717, 1.165) is 12.1 Å². The number of anilines is 1. The van der Waals surface area contributed by atoms with Crippen LogP contribution in [0, 0.1) is 5.82 Å². The third-order valence-corrected chi connectivity index (χ3v) is 4.46. The summed E-state index contributed by atoms with van der Waals surface area (Å²) in [4.78, 5) is 0.154. The van der Waals surface area contributed by atoms with E-state index >= 15 is 0 Å². The molecule has 0 amide bonds. The Kier molecular flexibility index (Phi) is 3.94. The maximum Gasteiger partial charge on any atom is 0.182 e.